The number of carboxylic acids is 1. The molecule has 3 rings (SSSR count). The first kappa shape index (κ1) is 20.7. The highest BCUT2D eigenvalue weighted by atomic mass is 16.4. The van der Waals surface area contributed by atoms with Crippen molar-refractivity contribution in [3.8, 4) is 11.1 Å². The number of carboxylic acid groups (broad SMARTS) is 1. The summed E-state index contributed by atoms with van der Waals surface area (Å²) in [7, 11) is 0. The van der Waals surface area contributed by atoms with Crippen molar-refractivity contribution in [2.24, 2.45) is 5.73 Å². The van der Waals surface area contributed by atoms with Crippen LogP contribution < -0.4 is 16.4 Å². The molecular weight excluding hydrogens is 384 g/mol. The van der Waals surface area contributed by atoms with Crippen molar-refractivity contribution in [2.75, 3.05) is 10.6 Å². The van der Waals surface area contributed by atoms with Gasteiger partial charge in [-0.15, -0.1) is 0 Å². The number of hydrogen-bond donors (Lipinski definition) is 5. The largest absolute Gasteiger partial charge is 0.481 e. The molecule has 2 aromatic carbocycles. The highest BCUT2D eigenvalue weighted by Crippen LogP contribution is 2.30. The average molecular weight is 406 g/mol. The van der Waals surface area contributed by atoms with E-state index in [0.29, 0.717) is 28.1 Å². The summed E-state index contributed by atoms with van der Waals surface area (Å²) < 4.78 is 0. The van der Waals surface area contributed by atoms with Crippen molar-refractivity contribution in [3.05, 3.63) is 71.5 Å². The number of aryl methyl sites for hydroxylation is 2. The van der Waals surface area contributed by atoms with Crippen LogP contribution in [0.3, 0.4) is 0 Å². The lowest BCUT2D eigenvalue weighted by atomic mass is 9.98. The van der Waals surface area contributed by atoms with E-state index in [4.69, 9.17) is 10.8 Å². The van der Waals surface area contributed by atoms with Crippen molar-refractivity contribution in [1.82, 2.24) is 4.98 Å². The molecule has 0 aliphatic rings. The lowest BCUT2D eigenvalue weighted by Crippen LogP contribution is -2.19. The maximum atomic E-state index is 12.3. The number of para-hydroxylation sites is 1. The Kier molecular flexibility index (Phi) is 6.17. The molecule has 1 aromatic heterocycles. The first-order valence-electron chi connectivity index (χ1n) is 9.31. The molecule has 0 unspecified atom stereocenters. The molecule has 3 amide bonds. The summed E-state index contributed by atoms with van der Waals surface area (Å²) in [4.78, 5) is 37.8. The number of amides is 3. The predicted octanol–water partition coefficient (Wildman–Crippen LogP) is 3.75. The minimum absolute atomic E-state index is 0.0677. The van der Waals surface area contributed by atoms with Crippen LogP contribution in [0.4, 0.5) is 16.2 Å². The standard InChI is InChI=1S/C22H22N4O4/c1-13-4-2-3-5-17(13)26-22(30)25-16-9-6-14(7-10-16)19-15(8-11-18(27)28)12-24-20(19)21(23)29/h2-7,9-10,12,24H,8,11H2,1H3,(H2,23,29)(H,27,28)(H2,25,26,30). The Morgan fingerprint density at radius 1 is 1.03 bits per heavy atom. The number of nitrogens with two attached hydrogens (primary N) is 1. The number of aromatic nitrogens is 1. The van der Waals surface area contributed by atoms with Crippen LogP contribution in [0.5, 0.6) is 0 Å². The summed E-state index contributed by atoms with van der Waals surface area (Å²) >= 11 is 0. The van der Waals surface area contributed by atoms with E-state index >= 15 is 0 Å². The minimum atomic E-state index is -0.929. The van der Waals surface area contributed by atoms with Gasteiger partial charge in [-0.3, -0.25) is 9.59 Å². The zero-order valence-corrected chi connectivity index (χ0v) is 16.4. The van der Waals surface area contributed by atoms with Gasteiger partial charge in [0.05, 0.1) is 0 Å². The van der Waals surface area contributed by atoms with Crippen LogP contribution in [-0.4, -0.2) is 28.0 Å². The van der Waals surface area contributed by atoms with Gasteiger partial charge in [-0.1, -0.05) is 30.3 Å². The zero-order chi connectivity index (χ0) is 21.7. The lowest BCUT2D eigenvalue weighted by molar-refractivity contribution is -0.136. The summed E-state index contributed by atoms with van der Waals surface area (Å²) in [6.07, 6.45) is 1.79. The van der Waals surface area contributed by atoms with Crippen LogP contribution in [0.15, 0.2) is 54.7 Å². The fraction of sp³-hybridized carbons (Fsp3) is 0.136. The summed E-state index contributed by atoms with van der Waals surface area (Å²) in [5, 5.41) is 14.5. The van der Waals surface area contributed by atoms with E-state index in [0.717, 1.165) is 5.56 Å². The number of nitrogens with one attached hydrogen (secondary N) is 3. The molecule has 0 saturated heterocycles. The van der Waals surface area contributed by atoms with Crippen LogP contribution in [0.2, 0.25) is 0 Å². The molecule has 8 nitrogen and oxygen atoms in total. The number of primary amides is 1. The second-order valence-electron chi connectivity index (χ2n) is 6.79. The van der Waals surface area contributed by atoms with E-state index in [-0.39, 0.29) is 24.6 Å². The van der Waals surface area contributed by atoms with E-state index < -0.39 is 11.9 Å². The summed E-state index contributed by atoms with van der Waals surface area (Å²) in [5.41, 5.74) is 9.84. The molecule has 154 valence electrons. The zero-order valence-electron chi connectivity index (χ0n) is 16.4. The molecular formula is C22H22N4O4. The number of H-pyrrole nitrogens is 1. The number of rotatable bonds is 7. The van der Waals surface area contributed by atoms with Crippen LogP contribution in [0.25, 0.3) is 11.1 Å². The van der Waals surface area contributed by atoms with E-state index in [1.54, 1.807) is 30.5 Å². The predicted molar refractivity (Wildman–Crippen MR) is 115 cm³/mol. The Labute approximate surface area is 173 Å². The van der Waals surface area contributed by atoms with Gasteiger partial charge in [0.1, 0.15) is 5.69 Å². The van der Waals surface area contributed by atoms with Crippen LogP contribution in [0, 0.1) is 6.92 Å². The smallest absolute Gasteiger partial charge is 0.323 e. The van der Waals surface area contributed by atoms with Gasteiger partial charge in [-0.2, -0.15) is 0 Å². The summed E-state index contributed by atoms with van der Waals surface area (Å²) in [5.74, 6) is -1.56. The maximum Gasteiger partial charge on any atom is 0.323 e. The Hall–Kier alpha value is -4.07. The van der Waals surface area contributed by atoms with Gasteiger partial charge < -0.3 is 26.5 Å². The fourth-order valence-electron chi connectivity index (χ4n) is 3.15. The van der Waals surface area contributed by atoms with Crippen molar-refractivity contribution < 1.29 is 19.5 Å². The molecule has 1 heterocycles. The number of hydrogen-bond acceptors (Lipinski definition) is 3. The fourth-order valence-corrected chi connectivity index (χ4v) is 3.15. The monoisotopic (exact) mass is 406 g/mol. The molecule has 0 radical (unpaired) electrons. The number of aliphatic carboxylic acids is 1. The van der Waals surface area contributed by atoms with Crippen LogP contribution >= 0.6 is 0 Å². The molecule has 3 aromatic rings. The van der Waals surface area contributed by atoms with Gasteiger partial charge in [-0.05, 0) is 48.2 Å². The Bertz CT molecular complexity index is 1090. The Morgan fingerprint density at radius 2 is 1.73 bits per heavy atom. The first-order valence-corrected chi connectivity index (χ1v) is 9.31. The van der Waals surface area contributed by atoms with E-state index in [1.165, 1.54) is 0 Å². The third kappa shape index (κ3) is 4.85. The van der Waals surface area contributed by atoms with Gasteiger partial charge in [0.15, 0.2) is 0 Å². The molecule has 0 saturated carbocycles. The summed E-state index contributed by atoms with van der Waals surface area (Å²) in [6.45, 7) is 1.90. The molecule has 0 bridgehead atoms. The number of carbonyl (C=O) groups is 3. The van der Waals surface area contributed by atoms with Crippen molar-refractivity contribution in [2.45, 2.75) is 19.8 Å². The highest BCUT2D eigenvalue weighted by molar-refractivity contribution is 6.01. The molecule has 8 heteroatoms. The molecule has 0 aliphatic heterocycles. The van der Waals surface area contributed by atoms with Crippen molar-refractivity contribution >= 4 is 29.3 Å². The number of anilines is 2. The molecule has 6 N–H and O–H groups in total. The number of carbonyl (C=O) groups excluding carboxylic acids is 2. The second-order valence-corrected chi connectivity index (χ2v) is 6.79. The second kappa shape index (κ2) is 8.95. The number of urea groups is 1. The van der Waals surface area contributed by atoms with Gasteiger partial charge in [0.25, 0.3) is 5.91 Å². The third-order valence-electron chi connectivity index (χ3n) is 4.64. The first-order chi connectivity index (χ1) is 14.3. The minimum Gasteiger partial charge on any atom is -0.481 e. The molecule has 30 heavy (non-hydrogen) atoms. The maximum absolute atomic E-state index is 12.3. The number of aromatic amines is 1. The lowest BCUT2D eigenvalue weighted by Gasteiger charge is -2.11. The normalized spacial score (nSPS) is 10.4. The van der Waals surface area contributed by atoms with E-state index in [9.17, 15) is 14.4 Å². The van der Waals surface area contributed by atoms with E-state index in [1.807, 2.05) is 31.2 Å². The van der Waals surface area contributed by atoms with Crippen LogP contribution in [0.1, 0.15) is 28.0 Å². The quantitative estimate of drug-likeness (QED) is 0.408. The topological polar surface area (TPSA) is 137 Å². The summed E-state index contributed by atoms with van der Waals surface area (Å²) in [6, 6.07) is 13.9. The Morgan fingerprint density at radius 3 is 2.37 bits per heavy atom. The van der Waals surface area contributed by atoms with Gasteiger partial charge in [-0.25, -0.2) is 4.79 Å². The van der Waals surface area contributed by atoms with E-state index in [2.05, 4.69) is 15.6 Å². The Balaban J connectivity index is 1.77. The van der Waals surface area contributed by atoms with Crippen molar-refractivity contribution in [1.29, 1.82) is 0 Å². The van der Waals surface area contributed by atoms with Crippen LogP contribution in [-0.2, 0) is 11.2 Å². The molecule has 0 aliphatic carbocycles. The number of benzene rings is 2. The highest BCUT2D eigenvalue weighted by Gasteiger charge is 2.18. The molecule has 0 atom stereocenters. The van der Waals surface area contributed by atoms with Gasteiger partial charge in [0, 0.05) is 29.6 Å². The van der Waals surface area contributed by atoms with Gasteiger partial charge >= 0.3 is 12.0 Å². The molecule has 0 fully saturated rings. The van der Waals surface area contributed by atoms with Crippen molar-refractivity contribution in [3.63, 3.8) is 0 Å². The van der Waals surface area contributed by atoms with Gasteiger partial charge in [0.2, 0.25) is 0 Å². The SMILES string of the molecule is Cc1ccccc1NC(=O)Nc1ccc(-c2c(CCC(=O)O)c[nH]c2C(N)=O)cc1. The molecule has 0 spiro atoms. The third-order valence-corrected chi connectivity index (χ3v) is 4.64. The average Bonchev–Trinajstić information content (AvgIpc) is 3.13.